The van der Waals surface area contributed by atoms with Crippen LogP contribution in [0.5, 0.6) is 11.6 Å². The summed E-state index contributed by atoms with van der Waals surface area (Å²) in [6.07, 6.45) is 2.28. The fourth-order valence-corrected chi connectivity index (χ4v) is 4.13. The number of nitrogens with one attached hydrogen (secondary N) is 1. The molecule has 11 heteroatoms. The van der Waals surface area contributed by atoms with E-state index in [1.54, 1.807) is 0 Å². The molecule has 10 nitrogen and oxygen atoms in total. The van der Waals surface area contributed by atoms with Crippen LogP contribution in [-0.2, 0) is 9.53 Å². The lowest BCUT2D eigenvalue weighted by Gasteiger charge is -2.25. The molecule has 1 aliphatic heterocycles. The first kappa shape index (κ1) is 24.9. The second-order valence-corrected chi connectivity index (χ2v) is 8.28. The molecule has 0 bridgehead atoms. The molecule has 1 unspecified atom stereocenters. The quantitative estimate of drug-likeness (QED) is 0.191. The Morgan fingerprint density at radius 3 is 2.36 bits per heavy atom. The molecule has 0 radical (unpaired) electrons. The van der Waals surface area contributed by atoms with Gasteiger partial charge >= 0.3 is 11.6 Å². The molecule has 1 atom stereocenters. The van der Waals surface area contributed by atoms with Gasteiger partial charge in [-0.05, 0) is 86.8 Å². The van der Waals surface area contributed by atoms with E-state index in [-0.39, 0.29) is 35.5 Å². The number of benzene rings is 2. The van der Waals surface area contributed by atoms with E-state index in [2.05, 4.69) is 15.3 Å². The van der Waals surface area contributed by atoms with E-state index in [9.17, 15) is 24.1 Å². The normalized spacial score (nSPS) is 14.6. The van der Waals surface area contributed by atoms with Gasteiger partial charge < -0.3 is 14.8 Å². The molecule has 0 spiro atoms. The van der Waals surface area contributed by atoms with Crippen LogP contribution in [0.4, 0.5) is 10.1 Å². The van der Waals surface area contributed by atoms with Crippen LogP contribution in [0.2, 0.25) is 0 Å². The average Bonchev–Trinajstić information content (AvgIpc) is 2.89. The largest absolute Gasteiger partial charge is 0.458 e. The van der Waals surface area contributed by atoms with Crippen molar-refractivity contribution in [3.05, 3.63) is 87.6 Å². The second-order valence-electron chi connectivity index (χ2n) is 8.28. The zero-order chi connectivity index (χ0) is 25.5. The maximum atomic E-state index is 13.1. The molecule has 1 aliphatic rings. The lowest BCUT2D eigenvalue weighted by molar-refractivity contribution is -0.387. The molecular weight excluding hydrogens is 471 g/mol. The minimum Gasteiger partial charge on any atom is -0.458 e. The summed E-state index contributed by atoms with van der Waals surface area (Å²) in [5.41, 5.74) is 0.104. The number of carbonyl (C=O) groups excluding carboxylic acids is 2. The zero-order valence-electron chi connectivity index (χ0n) is 19.1. The van der Waals surface area contributed by atoms with Crippen molar-refractivity contribution in [3.63, 3.8) is 0 Å². The van der Waals surface area contributed by atoms with Crippen LogP contribution in [0, 0.1) is 21.8 Å². The Morgan fingerprint density at radius 1 is 1.11 bits per heavy atom. The molecule has 4 rings (SSSR count). The minimum absolute atomic E-state index is 0.0428. The fraction of sp³-hybridized carbons (Fsp3) is 0.280. The maximum absolute atomic E-state index is 13.1. The van der Waals surface area contributed by atoms with Gasteiger partial charge in [0.15, 0.2) is 17.6 Å². The van der Waals surface area contributed by atoms with Gasteiger partial charge in [-0.3, -0.25) is 19.7 Å². The van der Waals surface area contributed by atoms with Crippen molar-refractivity contribution >= 4 is 17.9 Å². The zero-order valence-corrected chi connectivity index (χ0v) is 19.1. The molecule has 3 aromatic rings. The lowest BCUT2D eigenvalue weighted by Crippen LogP contribution is -2.29. The van der Waals surface area contributed by atoms with E-state index in [0.717, 1.165) is 32.3 Å². The summed E-state index contributed by atoms with van der Waals surface area (Å²) in [4.78, 5) is 43.1. The molecule has 1 fully saturated rings. The van der Waals surface area contributed by atoms with E-state index >= 15 is 0 Å². The number of piperidine rings is 1. The minimum atomic E-state index is -0.924. The Morgan fingerprint density at radius 2 is 1.75 bits per heavy atom. The van der Waals surface area contributed by atoms with E-state index in [0.29, 0.717) is 17.5 Å². The van der Waals surface area contributed by atoms with Crippen LogP contribution in [0.3, 0.4) is 0 Å². The van der Waals surface area contributed by atoms with Crippen molar-refractivity contribution < 1.29 is 28.4 Å². The van der Waals surface area contributed by atoms with E-state index < -0.39 is 22.5 Å². The van der Waals surface area contributed by atoms with Crippen LogP contribution in [0.1, 0.15) is 47.0 Å². The highest BCUT2D eigenvalue weighted by molar-refractivity contribution is 6.09. The maximum Gasteiger partial charge on any atom is 0.356 e. The molecule has 0 saturated carbocycles. The SMILES string of the molecule is O=COC(CC1CCNCC1)c1ncnc(Oc2ccc(C(=O)c3ccc(F)cc3)cc2)c1[N+](=O)[O-]. The van der Waals surface area contributed by atoms with E-state index in [1.807, 2.05) is 0 Å². The Kier molecular flexibility index (Phi) is 7.91. The van der Waals surface area contributed by atoms with Gasteiger partial charge in [-0.1, -0.05) is 0 Å². The molecule has 0 amide bonds. The van der Waals surface area contributed by atoms with Crippen molar-refractivity contribution in [2.24, 2.45) is 5.92 Å². The number of aromatic nitrogens is 2. The number of ether oxygens (including phenoxy) is 2. The number of rotatable bonds is 10. The number of halogens is 1. The summed E-state index contributed by atoms with van der Waals surface area (Å²) in [6, 6.07) is 11.1. The van der Waals surface area contributed by atoms with Gasteiger partial charge in [-0.15, -0.1) is 0 Å². The number of ketones is 1. The van der Waals surface area contributed by atoms with E-state index in [4.69, 9.17) is 9.47 Å². The number of carbonyl (C=O) groups is 2. The third kappa shape index (κ3) is 5.87. The van der Waals surface area contributed by atoms with Gasteiger partial charge in [0.1, 0.15) is 17.9 Å². The highest BCUT2D eigenvalue weighted by atomic mass is 19.1. The first-order chi connectivity index (χ1) is 17.5. The van der Waals surface area contributed by atoms with Crippen molar-refractivity contribution in [2.45, 2.75) is 25.4 Å². The summed E-state index contributed by atoms with van der Waals surface area (Å²) < 4.78 is 24.0. The monoisotopic (exact) mass is 494 g/mol. The molecule has 1 saturated heterocycles. The number of nitro groups is 1. The average molecular weight is 494 g/mol. The molecule has 1 N–H and O–H groups in total. The lowest BCUT2D eigenvalue weighted by atomic mass is 9.90. The predicted molar refractivity (Wildman–Crippen MR) is 125 cm³/mol. The van der Waals surface area contributed by atoms with Gasteiger partial charge in [-0.25, -0.2) is 9.37 Å². The summed E-state index contributed by atoms with van der Waals surface area (Å²) >= 11 is 0. The van der Waals surface area contributed by atoms with Crippen LogP contribution >= 0.6 is 0 Å². The Bertz CT molecular complexity index is 1230. The Hall–Kier alpha value is -4.25. The van der Waals surface area contributed by atoms with Crippen LogP contribution in [0.25, 0.3) is 0 Å². The highest BCUT2D eigenvalue weighted by Gasteiger charge is 2.33. The van der Waals surface area contributed by atoms with Crippen LogP contribution in [-0.4, -0.2) is 40.2 Å². The Balaban J connectivity index is 1.57. The van der Waals surface area contributed by atoms with Gasteiger partial charge in [-0.2, -0.15) is 4.98 Å². The van der Waals surface area contributed by atoms with E-state index in [1.165, 1.54) is 48.5 Å². The van der Waals surface area contributed by atoms with Gasteiger partial charge in [0.25, 0.3) is 6.47 Å². The van der Waals surface area contributed by atoms with Gasteiger partial charge in [0.2, 0.25) is 0 Å². The molecule has 0 aliphatic carbocycles. The van der Waals surface area contributed by atoms with Crippen molar-refractivity contribution in [1.82, 2.24) is 15.3 Å². The molecule has 2 heterocycles. The predicted octanol–water partition coefficient (Wildman–Crippen LogP) is 4.15. The fourth-order valence-electron chi connectivity index (χ4n) is 4.13. The summed E-state index contributed by atoms with van der Waals surface area (Å²) in [7, 11) is 0. The smallest absolute Gasteiger partial charge is 0.356 e. The molecule has 186 valence electrons. The second kappa shape index (κ2) is 11.5. The van der Waals surface area contributed by atoms with Crippen molar-refractivity contribution in [2.75, 3.05) is 13.1 Å². The van der Waals surface area contributed by atoms with Crippen LogP contribution < -0.4 is 10.1 Å². The number of hydrogen-bond donors (Lipinski definition) is 1. The molecular formula is C25H23FN4O6. The Labute approximate surface area is 205 Å². The number of hydrogen-bond acceptors (Lipinski definition) is 9. The number of nitrogens with zero attached hydrogens (tertiary/aromatic N) is 3. The molecule has 36 heavy (non-hydrogen) atoms. The first-order valence-corrected chi connectivity index (χ1v) is 11.3. The van der Waals surface area contributed by atoms with Gasteiger partial charge in [0.05, 0.1) is 4.92 Å². The third-order valence-corrected chi connectivity index (χ3v) is 5.97. The molecule has 1 aromatic heterocycles. The summed E-state index contributed by atoms with van der Waals surface area (Å²) in [6.45, 7) is 1.89. The standard InChI is InChI=1S/C25H23FN4O6/c26-19-5-1-17(2-6-19)24(32)18-3-7-20(8-4-18)36-25-23(30(33)34)22(28-14-29-25)21(35-15-31)13-16-9-11-27-12-10-16/h1-8,14-16,21,27H,9-13H2. The van der Waals surface area contributed by atoms with Gasteiger partial charge in [0, 0.05) is 11.1 Å². The van der Waals surface area contributed by atoms with Crippen molar-refractivity contribution in [1.29, 1.82) is 0 Å². The van der Waals surface area contributed by atoms with Crippen LogP contribution in [0.15, 0.2) is 54.9 Å². The summed E-state index contributed by atoms with van der Waals surface area (Å²) in [5.74, 6) is -0.667. The first-order valence-electron chi connectivity index (χ1n) is 11.3. The highest BCUT2D eigenvalue weighted by Crippen LogP contribution is 2.38. The third-order valence-electron chi connectivity index (χ3n) is 5.97. The molecule has 2 aromatic carbocycles. The topological polar surface area (TPSA) is 134 Å². The van der Waals surface area contributed by atoms with Crippen molar-refractivity contribution in [3.8, 4) is 11.6 Å². The summed E-state index contributed by atoms with van der Waals surface area (Å²) in [5, 5.41) is 15.2.